The Morgan fingerprint density at radius 3 is 2.67 bits per heavy atom. The molecule has 0 bridgehead atoms. The number of phenolic OH excluding ortho intramolecular Hbond substituents is 1. The summed E-state index contributed by atoms with van der Waals surface area (Å²) >= 11 is 0. The number of fused-ring (bicyclic) bond motifs is 1. The third kappa shape index (κ3) is 2.72. The van der Waals surface area contributed by atoms with E-state index in [9.17, 15) is 5.11 Å². The Morgan fingerprint density at radius 2 is 1.89 bits per heavy atom. The summed E-state index contributed by atoms with van der Waals surface area (Å²) in [5.41, 5.74) is 2.48. The average Bonchev–Trinajstić information content (AvgIpc) is 2.39. The van der Waals surface area contributed by atoms with E-state index in [1.54, 1.807) is 12.1 Å². The van der Waals surface area contributed by atoms with Crippen LogP contribution in [0.25, 0.3) is 0 Å². The van der Waals surface area contributed by atoms with Crippen molar-refractivity contribution in [1.29, 1.82) is 0 Å². The van der Waals surface area contributed by atoms with Crippen LogP contribution in [0.15, 0.2) is 48.5 Å². The Balaban J connectivity index is 0.000000902. The van der Waals surface area contributed by atoms with Crippen LogP contribution < -0.4 is 34.3 Å². The molecule has 0 aromatic heterocycles. The van der Waals surface area contributed by atoms with Crippen molar-refractivity contribution in [3.05, 3.63) is 59.7 Å². The average molecular weight is 250 g/mol. The minimum atomic E-state index is 0. The number of hydrogen-bond donors (Lipinski definition) is 1. The van der Waals surface area contributed by atoms with Gasteiger partial charge < -0.3 is 11.3 Å². The number of rotatable bonds is 1. The number of phenols is 1. The molecule has 2 aromatic carbocycles. The maximum atomic E-state index is 9.39. The summed E-state index contributed by atoms with van der Waals surface area (Å²) in [6.07, 6.45) is 0.972. The second-order valence-electron chi connectivity index (χ2n) is 4.41. The summed E-state index contributed by atoms with van der Waals surface area (Å²) in [5.74, 6) is 1.49. The summed E-state index contributed by atoms with van der Waals surface area (Å²) in [4.78, 5) is 0. The molecule has 0 aliphatic carbocycles. The minimum absolute atomic E-state index is 0. The van der Waals surface area contributed by atoms with Crippen molar-refractivity contribution in [2.45, 2.75) is 12.3 Å². The van der Waals surface area contributed by atoms with E-state index < -0.39 is 0 Å². The Hall–Kier alpha value is -0.960. The standard InChI is InChI=1S/C15H14O2.Na.H/c16-14-7-6-12-8-13(10-17-15(12)9-14)11-4-2-1-3-5-11;;/h1-7,9,13,16H,8,10H2;;/q;+1;-1. The third-order valence-corrected chi connectivity index (χ3v) is 3.23. The van der Waals surface area contributed by atoms with Gasteiger partial charge in [-0.05, 0) is 23.6 Å². The molecule has 0 radical (unpaired) electrons. The van der Waals surface area contributed by atoms with Crippen molar-refractivity contribution in [3.63, 3.8) is 0 Å². The molecule has 1 aliphatic heterocycles. The van der Waals surface area contributed by atoms with Gasteiger partial charge in [-0.2, -0.15) is 0 Å². The molecule has 1 aliphatic rings. The predicted octanol–water partition coefficient (Wildman–Crippen LogP) is 0.227. The molecule has 1 N–H and O–H groups in total. The molecule has 2 aromatic rings. The van der Waals surface area contributed by atoms with E-state index in [2.05, 4.69) is 24.3 Å². The van der Waals surface area contributed by atoms with Gasteiger partial charge >= 0.3 is 29.6 Å². The summed E-state index contributed by atoms with van der Waals surface area (Å²) in [6.45, 7) is 0.681. The van der Waals surface area contributed by atoms with Crippen LogP contribution >= 0.6 is 0 Å². The van der Waals surface area contributed by atoms with Crippen LogP contribution in [0.1, 0.15) is 18.5 Å². The maximum Gasteiger partial charge on any atom is 1.00 e. The van der Waals surface area contributed by atoms with Crippen molar-refractivity contribution < 1.29 is 40.8 Å². The van der Waals surface area contributed by atoms with Gasteiger partial charge in [0, 0.05) is 12.0 Å². The van der Waals surface area contributed by atoms with Crippen molar-refractivity contribution in [2.24, 2.45) is 0 Å². The summed E-state index contributed by atoms with van der Waals surface area (Å²) < 4.78 is 5.71. The van der Waals surface area contributed by atoms with Crippen LogP contribution in [-0.2, 0) is 6.42 Å². The number of aromatic hydroxyl groups is 1. The Bertz CT molecular complexity index is 531. The fraction of sp³-hybridized carbons (Fsp3) is 0.200. The molecule has 0 fully saturated rings. The molecule has 0 spiro atoms. The first kappa shape index (κ1) is 13.5. The smallest absolute Gasteiger partial charge is 1.00 e. The van der Waals surface area contributed by atoms with E-state index in [1.807, 2.05) is 12.1 Å². The Labute approximate surface area is 130 Å². The van der Waals surface area contributed by atoms with Gasteiger partial charge in [-0.15, -0.1) is 0 Å². The van der Waals surface area contributed by atoms with E-state index in [4.69, 9.17) is 4.74 Å². The fourth-order valence-corrected chi connectivity index (χ4v) is 2.30. The van der Waals surface area contributed by atoms with E-state index in [1.165, 1.54) is 11.1 Å². The third-order valence-electron chi connectivity index (χ3n) is 3.23. The van der Waals surface area contributed by atoms with Crippen molar-refractivity contribution in [3.8, 4) is 11.5 Å². The predicted molar refractivity (Wildman–Crippen MR) is 67.6 cm³/mol. The van der Waals surface area contributed by atoms with Crippen LogP contribution in [-0.4, -0.2) is 11.7 Å². The van der Waals surface area contributed by atoms with Gasteiger partial charge in [-0.25, -0.2) is 0 Å². The quantitative estimate of drug-likeness (QED) is 0.734. The molecule has 3 heteroatoms. The van der Waals surface area contributed by atoms with E-state index >= 15 is 0 Å². The van der Waals surface area contributed by atoms with Gasteiger partial charge in [0.25, 0.3) is 0 Å². The zero-order valence-electron chi connectivity index (χ0n) is 11.5. The molecule has 0 saturated heterocycles. The first-order chi connectivity index (χ1) is 8.33. The first-order valence-corrected chi connectivity index (χ1v) is 5.82. The van der Waals surface area contributed by atoms with Crippen LogP contribution in [0.3, 0.4) is 0 Å². The molecule has 2 nitrogen and oxygen atoms in total. The van der Waals surface area contributed by atoms with Crippen LogP contribution in [0, 0.1) is 0 Å². The monoisotopic (exact) mass is 250 g/mol. The van der Waals surface area contributed by atoms with Gasteiger partial charge in [-0.1, -0.05) is 36.4 Å². The van der Waals surface area contributed by atoms with Gasteiger partial charge in [0.1, 0.15) is 11.5 Å². The van der Waals surface area contributed by atoms with Gasteiger partial charge in [-0.3, -0.25) is 0 Å². The number of hydrogen-bond acceptors (Lipinski definition) is 2. The molecular weight excluding hydrogens is 235 g/mol. The molecule has 0 amide bonds. The van der Waals surface area contributed by atoms with Crippen molar-refractivity contribution in [1.82, 2.24) is 0 Å². The molecule has 88 valence electrons. The zero-order chi connectivity index (χ0) is 11.7. The van der Waals surface area contributed by atoms with Crippen molar-refractivity contribution >= 4 is 0 Å². The summed E-state index contributed by atoms with van der Waals surface area (Å²) in [6, 6.07) is 15.8. The molecule has 18 heavy (non-hydrogen) atoms. The van der Waals surface area contributed by atoms with E-state index in [-0.39, 0.29) is 36.7 Å². The molecule has 1 atom stereocenters. The zero-order valence-corrected chi connectivity index (χ0v) is 12.5. The molecule has 1 heterocycles. The molecule has 1 unspecified atom stereocenters. The van der Waals surface area contributed by atoms with Gasteiger partial charge in [0.05, 0.1) is 6.61 Å². The van der Waals surface area contributed by atoms with Crippen LogP contribution in [0.4, 0.5) is 0 Å². The van der Waals surface area contributed by atoms with E-state index in [0.717, 1.165) is 12.2 Å². The topological polar surface area (TPSA) is 29.5 Å². The van der Waals surface area contributed by atoms with E-state index in [0.29, 0.717) is 12.5 Å². The maximum absolute atomic E-state index is 9.39. The normalized spacial score (nSPS) is 17.2. The molecule has 3 rings (SSSR count). The Kier molecular flexibility index (Phi) is 4.33. The van der Waals surface area contributed by atoms with Crippen LogP contribution in [0.5, 0.6) is 11.5 Å². The second kappa shape index (κ2) is 5.79. The number of ether oxygens (including phenoxy) is 1. The summed E-state index contributed by atoms with van der Waals surface area (Å²) in [7, 11) is 0. The van der Waals surface area contributed by atoms with Gasteiger partial charge in [0.2, 0.25) is 0 Å². The number of benzene rings is 2. The fourth-order valence-electron chi connectivity index (χ4n) is 2.30. The Morgan fingerprint density at radius 1 is 1.11 bits per heavy atom. The summed E-state index contributed by atoms with van der Waals surface area (Å²) in [5, 5.41) is 9.39. The SMILES string of the molecule is Oc1ccc2c(c1)OCC(c1ccccc1)C2.[H-].[Na+]. The molecular formula is C15H15NaO2. The molecule has 0 saturated carbocycles. The van der Waals surface area contributed by atoms with Crippen LogP contribution in [0.2, 0.25) is 0 Å². The minimum Gasteiger partial charge on any atom is -1.00 e. The second-order valence-corrected chi connectivity index (χ2v) is 4.41. The first-order valence-electron chi connectivity index (χ1n) is 5.82. The van der Waals surface area contributed by atoms with Gasteiger partial charge in [0.15, 0.2) is 0 Å². The largest absolute Gasteiger partial charge is 1.00 e. The van der Waals surface area contributed by atoms with Crippen molar-refractivity contribution in [2.75, 3.05) is 6.61 Å².